The van der Waals surface area contributed by atoms with Crippen molar-refractivity contribution in [2.75, 3.05) is 18.8 Å². The number of para-hydroxylation sites is 1. The number of aryl methyl sites for hydroxylation is 1. The molecule has 1 aromatic carbocycles. The lowest BCUT2D eigenvalue weighted by atomic mass is 10.2. The van der Waals surface area contributed by atoms with Gasteiger partial charge in [-0.3, -0.25) is 14.3 Å². The molecule has 6 nitrogen and oxygen atoms in total. The van der Waals surface area contributed by atoms with Gasteiger partial charge in [-0.2, -0.15) is 0 Å². The Kier molecular flexibility index (Phi) is 5.20. The number of hydrogen-bond acceptors (Lipinski definition) is 5. The maximum atomic E-state index is 12.4. The van der Waals surface area contributed by atoms with Crippen LogP contribution in [0.1, 0.15) is 18.4 Å². The van der Waals surface area contributed by atoms with Crippen molar-refractivity contribution in [1.29, 1.82) is 0 Å². The van der Waals surface area contributed by atoms with Crippen LogP contribution in [0.2, 0.25) is 0 Å². The van der Waals surface area contributed by atoms with Gasteiger partial charge in [0.1, 0.15) is 0 Å². The summed E-state index contributed by atoms with van der Waals surface area (Å²) in [6, 6.07) is 12.0. The van der Waals surface area contributed by atoms with Crippen molar-refractivity contribution in [3.8, 4) is 17.1 Å². The first-order valence-corrected chi connectivity index (χ1v) is 10.0. The van der Waals surface area contributed by atoms with Crippen molar-refractivity contribution in [2.45, 2.75) is 24.9 Å². The highest BCUT2D eigenvalue weighted by molar-refractivity contribution is 7.99. The van der Waals surface area contributed by atoms with E-state index in [2.05, 4.69) is 28.2 Å². The fraction of sp³-hybridized carbons (Fsp3) is 0.300. The van der Waals surface area contributed by atoms with Crippen LogP contribution < -0.4 is 0 Å². The molecule has 0 radical (unpaired) electrons. The Bertz CT molecular complexity index is 935. The Labute approximate surface area is 162 Å². The van der Waals surface area contributed by atoms with Gasteiger partial charge < -0.3 is 4.90 Å². The van der Waals surface area contributed by atoms with E-state index in [1.165, 1.54) is 11.8 Å². The lowest BCUT2D eigenvalue weighted by Crippen LogP contribution is -2.29. The first-order valence-electron chi connectivity index (χ1n) is 9.06. The summed E-state index contributed by atoms with van der Waals surface area (Å²) in [5, 5.41) is 9.51. The fourth-order valence-electron chi connectivity index (χ4n) is 3.26. The van der Waals surface area contributed by atoms with E-state index < -0.39 is 0 Å². The van der Waals surface area contributed by atoms with Crippen molar-refractivity contribution < 1.29 is 4.79 Å². The highest BCUT2D eigenvalue weighted by Gasteiger charge is 2.21. The zero-order valence-electron chi connectivity index (χ0n) is 15.2. The monoisotopic (exact) mass is 379 g/mol. The van der Waals surface area contributed by atoms with Crippen molar-refractivity contribution >= 4 is 17.7 Å². The molecule has 3 aromatic rings. The van der Waals surface area contributed by atoms with E-state index in [9.17, 15) is 4.79 Å². The summed E-state index contributed by atoms with van der Waals surface area (Å²) in [7, 11) is 0. The summed E-state index contributed by atoms with van der Waals surface area (Å²) in [4.78, 5) is 18.6. The molecule has 1 aliphatic heterocycles. The molecule has 0 saturated carbocycles. The number of carbonyl (C=O) groups excluding carboxylic acids is 1. The number of hydrogen-bond donors (Lipinski definition) is 0. The van der Waals surface area contributed by atoms with Gasteiger partial charge in [-0.15, -0.1) is 10.2 Å². The Morgan fingerprint density at radius 2 is 1.93 bits per heavy atom. The SMILES string of the molecule is Cc1ccccc1-n1c(SCC(=O)N2CCCC2)nnc1-c1cccnc1. The first-order chi connectivity index (χ1) is 13.2. The number of aromatic nitrogens is 4. The van der Waals surface area contributed by atoms with Crippen LogP contribution in [0.3, 0.4) is 0 Å². The Balaban J connectivity index is 1.68. The summed E-state index contributed by atoms with van der Waals surface area (Å²) in [6.45, 7) is 3.79. The standard InChI is InChI=1S/C20H21N5OS/c1-15-7-2-3-9-17(15)25-19(16-8-6-10-21-13-16)22-23-20(25)27-14-18(26)24-11-4-5-12-24/h2-3,6-10,13H,4-5,11-12,14H2,1H3. The Hall–Kier alpha value is -2.67. The van der Waals surface area contributed by atoms with E-state index in [1.807, 2.05) is 39.8 Å². The van der Waals surface area contributed by atoms with Gasteiger partial charge in [0.2, 0.25) is 5.91 Å². The minimum atomic E-state index is 0.166. The van der Waals surface area contributed by atoms with Gasteiger partial charge in [0.25, 0.3) is 0 Å². The highest BCUT2D eigenvalue weighted by Crippen LogP contribution is 2.29. The zero-order chi connectivity index (χ0) is 18.6. The maximum Gasteiger partial charge on any atom is 0.233 e. The number of rotatable bonds is 5. The van der Waals surface area contributed by atoms with E-state index in [0.717, 1.165) is 53.7 Å². The third kappa shape index (κ3) is 3.73. The van der Waals surface area contributed by atoms with Gasteiger partial charge >= 0.3 is 0 Å². The molecule has 4 rings (SSSR count). The molecule has 1 fully saturated rings. The van der Waals surface area contributed by atoms with Crippen LogP contribution >= 0.6 is 11.8 Å². The Morgan fingerprint density at radius 1 is 1.11 bits per heavy atom. The van der Waals surface area contributed by atoms with Gasteiger partial charge in [0.15, 0.2) is 11.0 Å². The second-order valence-electron chi connectivity index (χ2n) is 6.55. The molecule has 27 heavy (non-hydrogen) atoms. The van der Waals surface area contributed by atoms with Crippen molar-refractivity contribution in [3.05, 3.63) is 54.4 Å². The molecule has 1 saturated heterocycles. The Morgan fingerprint density at radius 3 is 2.67 bits per heavy atom. The highest BCUT2D eigenvalue weighted by atomic mass is 32.2. The molecule has 138 valence electrons. The van der Waals surface area contributed by atoms with Crippen LogP contribution in [-0.2, 0) is 4.79 Å². The van der Waals surface area contributed by atoms with E-state index in [4.69, 9.17) is 0 Å². The quantitative estimate of drug-likeness (QED) is 0.636. The molecular formula is C20H21N5OS. The number of amides is 1. The fourth-order valence-corrected chi connectivity index (χ4v) is 4.11. The molecule has 7 heteroatoms. The minimum absolute atomic E-state index is 0.166. The summed E-state index contributed by atoms with van der Waals surface area (Å²) >= 11 is 1.44. The average Bonchev–Trinajstić information content (AvgIpc) is 3.37. The van der Waals surface area contributed by atoms with Gasteiger partial charge in [-0.1, -0.05) is 30.0 Å². The molecule has 0 bridgehead atoms. The lowest BCUT2D eigenvalue weighted by Gasteiger charge is -2.15. The van der Waals surface area contributed by atoms with E-state index in [1.54, 1.807) is 12.4 Å². The minimum Gasteiger partial charge on any atom is -0.342 e. The smallest absolute Gasteiger partial charge is 0.233 e. The molecule has 0 atom stereocenters. The molecular weight excluding hydrogens is 358 g/mol. The van der Waals surface area contributed by atoms with Gasteiger partial charge in [0.05, 0.1) is 11.4 Å². The second-order valence-corrected chi connectivity index (χ2v) is 7.49. The molecule has 1 aliphatic rings. The molecule has 0 unspecified atom stereocenters. The summed E-state index contributed by atoms with van der Waals surface area (Å²) in [6.07, 6.45) is 5.72. The van der Waals surface area contributed by atoms with Crippen LogP contribution in [0.25, 0.3) is 17.1 Å². The molecule has 1 amide bonds. The second kappa shape index (κ2) is 7.92. The predicted molar refractivity (Wildman–Crippen MR) is 106 cm³/mol. The van der Waals surface area contributed by atoms with Crippen molar-refractivity contribution in [2.24, 2.45) is 0 Å². The van der Waals surface area contributed by atoms with Gasteiger partial charge in [-0.05, 0) is 43.5 Å². The van der Waals surface area contributed by atoms with E-state index in [-0.39, 0.29) is 5.91 Å². The van der Waals surface area contributed by atoms with E-state index in [0.29, 0.717) is 5.75 Å². The number of carbonyl (C=O) groups is 1. The molecule has 0 N–H and O–H groups in total. The van der Waals surface area contributed by atoms with Crippen LogP contribution in [-0.4, -0.2) is 49.4 Å². The summed E-state index contributed by atoms with van der Waals surface area (Å²) < 4.78 is 2.02. The third-order valence-electron chi connectivity index (χ3n) is 4.69. The number of pyridine rings is 1. The molecule has 3 heterocycles. The average molecular weight is 379 g/mol. The van der Waals surface area contributed by atoms with Crippen LogP contribution in [0, 0.1) is 6.92 Å². The van der Waals surface area contributed by atoms with Gasteiger partial charge in [0, 0.05) is 31.0 Å². The first kappa shape index (κ1) is 17.7. The maximum absolute atomic E-state index is 12.4. The van der Waals surface area contributed by atoms with Crippen LogP contribution in [0.5, 0.6) is 0 Å². The number of nitrogens with zero attached hydrogens (tertiary/aromatic N) is 5. The number of thioether (sulfide) groups is 1. The topological polar surface area (TPSA) is 63.9 Å². The zero-order valence-corrected chi connectivity index (χ0v) is 16.0. The summed E-state index contributed by atoms with van der Waals surface area (Å²) in [5.74, 6) is 1.27. The molecule has 2 aromatic heterocycles. The normalized spacial score (nSPS) is 13.9. The van der Waals surface area contributed by atoms with Crippen LogP contribution in [0.4, 0.5) is 0 Å². The van der Waals surface area contributed by atoms with Crippen LogP contribution in [0.15, 0.2) is 53.9 Å². The van der Waals surface area contributed by atoms with Crippen molar-refractivity contribution in [3.63, 3.8) is 0 Å². The summed E-state index contributed by atoms with van der Waals surface area (Å²) in [5.41, 5.74) is 3.03. The third-order valence-corrected chi connectivity index (χ3v) is 5.61. The predicted octanol–water partition coefficient (Wildman–Crippen LogP) is 3.35. The van der Waals surface area contributed by atoms with E-state index >= 15 is 0 Å². The van der Waals surface area contributed by atoms with Gasteiger partial charge in [-0.25, -0.2) is 0 Å². The number of likely N-dealkylation sites (tertiary alicyclic amines) is 1. The van der Waals surface area contributed by atoms with Crippen molar-refractivity contribution in [1.82, 2.24) is 24.6 Å². The molecule has 0 aliphatic carbocycles. The lowest BCUT2D eigenvalue weighted by molar-refractivity contribution is -0.127. The molecule has 0 spiro atoms. The number of benzene rings is 1. The largest absolute Gasteiger partial charge is 0.342 e.